The van der Waals surface area contributed by atoms with Crippen LogP contribution in [0.4, 0.5) is 4.39 Å². The number of carbonyl (C=O) groups excluding carboxylic acids is 1. The summed E-state index contributed by atoms with van der Waals surface area (Å²) < 4.78 is 13.4. The van der Waals surface area contributed by atoms with Crippen LogP contribution < -0.4 is 0 Å². The Balaban J connectivity index is 2.17. The molecule has 0 aliphatic carbocycles. The second-order valence-electron chi connectivity index (χ2n) is 4.03. The van der Waals surface area contributed by atoms with Gasteiger partial charge in [0.15, 0.2) is 0 Å². The van der Waals surface area contributed by atoms with Crippen molar-refractivity contribution in [1.82, 2.24) is 4.90 Å². The first-order chi connectivity index (χ1) is 9.47. The third-order valence-corrected chi connectivity index (χ3v) is 3.95. The number of thioether (sulfide) groups is 1. The molecule has 0 unspecified atom stereocenters. The number of benzene rings is 1. The molecule has 1 heterocycles. The zero-order valence-corrected chi connectivity index (χ0v) is 11.8. The summed E-state index contributed by atoms with van der Waals surface area (Å²) in [6.07, 6.45) is 1.38. The van der Waals surface area contributed by atoms with Crippen molar-refractivity contribution in [3.05, 3.63) is 40.6 Å². The van der Waals surface area contributed by atoms with Crippen LogP contribution in [0.25, 0.3) is 6.08 Å². The van der Waals surface area contributed by atoms with Crippen molar-refractivity contribution >= 4 is 46.3 Å². The van der Waals surface area contributed by atoms with Gasteiger partial charge in [-0.15, -0.1) is 0 Å². The van der Waals surface area contributed by atoms with Crippen LogP contribution in [0.15, 0.2) is 29.2 Å². The Morgan fingerprint density at radius 2 is 2.25 bits per heavy atom. The molecule has 20 heavy (non-hydrogen) atoms. The van der Waals surface area contributed by atoms with E-state index in [0.717, 1.165) is 11.8 Å². The lowest BCUT2D eigenvalue weighted by molar-refractivity contribution is -0.137. The molecular formula is C13H10FNO3S2. The Kier molecular flexibility index (Phi) is 4.51. The van der Waals surface area contributed by atoms with E-state index in [9.17, 15) is 14.0 Å². The molecule has 7 heteroatoms. The van der Waals surface area contributed by atoms with E-state index < -0.39 is 5.97 Å². The average molecular weight is 311 g/mol. The lowest BCUT2D eigenvalue weighted by Gasteiger charge is -2.12. The van der Waals surface area contributed by atoms with Gasteiger partial charge in [-0.2, -0.15) is 0 Å². The number of rotatable bonds is 4. The maximum absolute atomic E-state index is 13.1. The minimum Gasteiger partial charge on any atom is -0.481 e. The second-order valence-corrected chi connectivity index (χ2v) is 5.71. The van der Waals surface area contributed by atoms with E-state index in [2.05, 4.69) is 0 Å². The highest BCUT2D eigenvalue weighted by Gasteiger charge is 2.31. The highest BCUT2D eigenvalue weighted by molar-refractivity contribution is 8.26. The van der Waals surface area contributed by atoms with E-state index in [-0.39, 0.29) is 24.7 Å². The van der Waals surface area contributed by atoms with Crippen LogP contribution in [0.5, 0.6) is 0 Å². The van der Waals surface area contributed by atoms with Gasteiger partial charge in [0.1, 0.15) is 10.1 Å². The number of halogens is 1. The number of hydrogen-bond acceptors (Lipinski definition) is 4. The fourth-order valence-corrected chi connectivity index (χ4v) is 2.96. The predicted octanol–water partition coefficient (Wildman–Crippen LogP) is 2.50. The lowest BCUT2D eigenvalue weighted by atomic mass is 10.2. The number of carbonyl (C=O) groups is 2. The fraction of sp³-hybridized carbons (Fsp3) is 0.154. The van der Waals surface area contributed by atoms with Crippen LogP contribution in [-0.2, 0) is 9.59 Å². The molecule has 0 atom stereocenters. The minimum absolute atomic E-state index is 0.0422. The van der Waals surface area contributed by atoms with Gasteiger partial charge in [0.05, 0.1) is 11.3 Å². The van der Waals surface area contributed by atoms with Crippen LogP contribution >= 0.6 is 24.0 Å². The summed E-state index contributed by atoms with van der Waals surface area (Å²) in [4.78, 5) is 24.2. The summed E-state index contributed by atoms with van der Waals surface area (Å²) in [5.41, 5.74) is 0.559. The third kappa shape index (κ3) is 3.43. The maximum Gasteiger partial charge on any atom is 0.305 e. The zero-order valence-electron chi connectivity index (χ0n) is 10.2. The quantitative estimate of drug-likeness (QED) is 0.684. The van der Waals surface area contributed by atoms with E-state index in [0.29, 0.717) is 14.8 Å². The third-order valence-electron chi connectivity index (χ3n) is 2.57. The smallest absolute Gasteiger partial charge is 0.305 e. The summed E-state index contributed by atoms with van der Waals surface area (Å²) >= 11 is 6.14. The SMILES string of the molecule is O=C(O)CCN1C(=O)/C(=C/c2cccc(F)c2)SC1=S. The van der Waals surface area contributed by atoms with Gasteiger partial charge in [0.25, 0.3) is 5.91 Å². The molecule has 0 saturated carbocycles. The fourth-order valence-electron chi connectivity index (χ4n) is 1.65. The second kappa shape index (κ2) is 6.15. The topological polar surface area (TPSA) is 57.6 Å². The van der Waals surface area contributed by atoms with Gasteiger partial charge >= 0.3 is 5.97 Å². The molecule has 2 rings (SSSR count). The van der Waals surface area contributed by atoms with Crippen LogP contribution in [0, 0.1) is 5.82 Å². The van der Waals surface area contributed by atoms with Gasteiger partial charge in [0, 0.05) is 6.54 Å². The van der Waals surface area contributed by atoms with E-state index in [4.69, 9.17) is 17.3 Å². The van der Waals surface area contributed by atoms with Crippen LogP contribution in [0.3, 0.4) is 0 Å². The molecule has 0 aromatic heterocycles. The Labute approximate surface area is 124 Å². The van der Waals surface area contributed by atoms with Gasteiger partial charge in [-0.05, 0) is 23.8 Å². The summed E-state index contributed by atoms with van der Waals surface area (Å²) in [5.74, 6) is -1.72. The Morgan fingerprint density at radius 1 is 1.50 bits per heavy atom. The number of aliphatic carboxylic acids is 1. The average Bonchev–Trinajstić information content (AvgIpc) is 2.62. The van der Waals surface area contributed by atoms with Gasteiger partial charge < -0.3 is 5.11 Å². The molecule has 1 fully saturated rings. The van der Waals surface area contributed by atoms with E-state index >= 15 is 0 Å². The molecule has 0 spiro atoms. The molecule has 1 aliphatic heterocycles. The Hall–Kier alpha value is -1.73. The first-order valence-corrected chi connectivity index (χ1v) is 6.92. The number of carboxylic acid groups (broad SMARTS) is 1. The van der Waals surface area contributed by atoms with Gasteiger partial charge in [-0.25, -0.2) is 4.39 Å². The number of thiocarbonyl (C=S) groups is 1. The van der Waals surface area contributed by atoms with Crippen molar-refractivity contribution in [2.45, 2.75) is 6.42 Å². The Bertz CT molecular complexity index is 615. The molecule has 1 aromatic carbocycles. The molecule has 0 bridgehead atoms. The van der Waals surface area contributed by atoms with Crippen molar-refractivity contribution in [1.29, 1.82) is 0 Å². The standard InChI is InChI=1S/C13H10FNO3S2/c14-9-3-1-2-8(6-9)7-10-12(18)15(13(19)20-10)5-4-11(16)17/h1-3,6-7H,4-5H2,(H,16,17)/b10-7-. The first kappa shape index (κ1) is 14.7. The number of hydrogen-bond donors (Lipinski definition) is 1. The summed E-state index contributed by atoms with van der Waals surface area (Å²) in [5, 5.41) is 8.63. The number of amides is 1. The van der Waals surface area contributed by atoms with Gasteiger partial charge in [-0.3, -0.25) is 14.5 Å². The highest BCUT2D eigenvalue weighted by Crippen LogP contribution is 2.32. The normalized spacial score (nSPS) is 17.1. The molecule has 1 amide bonds. The van der Waals surface area contributed by atoms with Crippen molar-refractivity contribution < 1.29 is 19.1 Å². The van der Waals surface area contributed by atoms with Crippen molar-refractivity contribution in [3.8, 4) is 0 Å². The molecular weight excluding hydrogens is 301 g/mol. The number of carboxylic acids is 1. The van der Waals surface area contributed by atoms with Crippen LogP contribution in [-0.4, -0.2) is 32.7 Å². The number of nitrogens with zero attached hydrogens (tertiary/aromatic N) is 1. The monoisotopic (exact) mass is 311 g/mol. The molecule has 104 valence electrons. The summed E-state index contributed by atoms with van der Waals surface area (Å²) in [6, 6.07) is 5.85. The largest absolute Gasteiger partial charge is 0.481 e. The van der Waals surface area contributed by atoms with E-state index in [1.54, 1.807) is 18.2 Å². The first-order valence-electron chi connectivity index (χ1n) is 5.70. The van der Waals surface area contributed by atoms with E-state index in [1.165, 1.54) is 17.0 Å². The molecule has 1 aliphatic rings. The summed E-state index contributed by atoms with van der Waals surface area (Å²) in [6.45, 7) is 0.0422. The molecule has 4 nitrogen and oxygen atoms in total. The van der Waals surface area contributed by atoms with Crippen LogP contribution in [0.1, 0.15) is 12.0 Å². The predicted molar refractivity (Wildman–Crippen MR) is 78.5 cm³/mol. The van der Waals surface area contributed by atoms with Crippen molar-refractivity contribution in [3.63, 3.8) is 0 Å². The maximum atomic E-state index is 13.1. The zero-order chi connectivity index (χ0) is 14.7. The molecule has 0 radical (unpaired) electrons. The Morgan fingerprint density at radius 3 is 2.90 bits per heavy atom. The van der Waals surface area contributed by atoms with Crippen molar-refractivity contribution in [2.24, 2.45) is 0 Å². The molecule has 1 aromatic rings. The van der Waals surface area contributed by atoms with Crippen LogP contribution in [0.2, 0.25) is 0 Å². The molecule has 1 N–H and O–H groups in total. The molecule has 1 saturated heterocycles. The van der Waals surface area contributed by atoms with Gasteiger partial charge in [0.2, 0.25) is 0 Å². The van der Waals surface area contributed by atoms with Gasteiger partial charge in [-0.1, -0.05) is 36.1 Å². The minimum atomic E-state index is -0.992. The van der Waals surface area contributed by atoms with Crippen molar-refractivity contribution in [2.75, 3.05) is 6.54 Å². The lowest BCUT2D eigenvalue weighted by Crippen LogP contribution is -2.30. The summed E-state index contributed by atoms with van der Waals surface area (Å²) in [7, 11) is 0. The highest BCUT2D eigenvalue weighted by atomic mass is 32.2. The van der Waals surface area contributed by atoms with E-state index in [1.807, 2.05) is 0 Å².